The third kappa shape index (κ3) is 3.23. The zero-order valence-corrected chi connectivity index (χ0v) is 12.0. The summed E-state index contributed by atoms with van der Waals surface area (Å²) >= 11 is 0. The van der Waals surface area contributed by atoms with Crippen LogP contribution in [0.1, 0.15) is 11.3 Å². The molecule has 104 valence electrons. The van der Waals surface area contributed by atoms with Gasteiger partial charge < -0.3 is 5.32 Å². The van der Waals surface area contributed by atoms with Crippen molar-refractivity contribution in [2.24, 2.45) is 0 Å². The lowest BCUT2D eigenvalue weighted by molar-refractivity contribution is 1.09. The van der Waals surface area contributed by atoms with Gasteiger partial charge in [-0.15, -0.1) is 0 Å². The number of nitrogens with one attached hydrogen (secondary N) is 1. The van der Waals surface area contributed by atoms with Crippen LogP contribution in [-0.4, -0.2) is 15.0 Å². The standard InChI is InChI=1S/C17H16N4/c1-12-6-5-7-14(10-12)20-16-11-13(2)19-17(21-16)15-8-3-4-9-18-15/h3-11H,1-2H3,(H,19,20,21). The van der Waals surface area contributed by atoms with Crippen molar-refractivity contribution in [3.05, 3.63) is 66.0 Å². The van der Waals surface area contributed by atoms with Gasteiger partial charge in [-0.05, 0) is 43.7 Å². The molecule has 0 bridgehead atoms. The second kappa shape index (κ2) is 5.71. The van der Waals surface area contributed by atoms with Gasteiger partial charge in [-0.2, -0.15) is 0 Å². The first-order chi connectivity index (χ1) is 10.2. The molecule has 0 atom stereocenters. The lowest BCUT2D eigenvalue weighted by Crippen LogP contribution is -2.00. The Bertz CT molecular complexity index is 754. The third-order valence-corrected chi connectivity index (χ3v) is 3.04. The predicted molar refractivity (Wildman–Crippen MR) is 84.5 cm³/mol. The van der Waals surface area contributed by atoms with Gasteiger partial charge in [0.25, 0.3) is 0 Å². The summed E-state index contributed by atoms with van der Waals surface area (Å²) in [6, 6.07) is 15.8. The van der Waals surface area contributed by atoms with E-state index in [2.05, 4.69) is 39.3 Å². The number of aromatic nitrogens is 3. The van der Waals surface area contributed by atoms with Gasteiger partial charge in [0.05, 0.1) is 0 Å². The fourth-order valence-corrected chi connectivity index (χ4v) is 2.11. The number of rotatable bonds is 3. The molecule has 0 aliphatic carbocycles. The van der Waals surface area contributed by atoms with Gasteiger partial charge in [0, 0.05) is 23.6 Å². The molecule has 21 heavy (non-hydrogen) atoms. The van der Waals surface area contributed by atoms with Crippen LogP contribution in [0.5, 0.6) is 0 Å². The average Bonchev–Trinajstić information content (AvgIpc) is 2.47. The lowest BCUT2D eigenvalue weighted by atomic mass is 10.2. The van der Waals surface area contributed by atoms with E-state index >= 15 is 0 Å². The van der Waals surface area contributed by atoms with Crippen molar-refractivity contribution in [3.63, 3.8) is 0 Å². The van der Waals surface area contributed by atoms with Crippen molar-refractivity contribution in [1.82, 2.24) is 15.0 Å². The predicted octanol–water partition coefficient (Wildman–Crippen LogP) is 3.90. The summed E-state index contributed by atoms with van der Waals surface area (Å²) in [6.45, 7) is 4.02. The van der Waals surface area contributed by atoms with Crippen LogP contribution in [0.4, 0.5) is 11.5 Å². The zero-order valence-electron chi connectivity index (χ0n) is 12.0. The molecular weight excluding hydrogens is 260 g/mol. The molecule has 1 aromatic carbocycles. The van der Waals surface area contributed by atoms with Crippen molar-refractivity contribution in [3.8, 4) is 11.5 Å². The largest absolute Gasteiger partial charge is 0.340 e. The van der Waals surface area contributed by atoms with Crippen LogP contribution in [0.25, 0.3) is 11.5 Å². The molecule has 2 heterocycles. The van der Waals surface area contributed by atoms with Crippen molar-refractivity contribution < 1.29 is 0 Å². The molecule has 0 amide bonds. The molecule has 3 aromatic rings. The van der Waals surface area contributed by atoms with Gasteiger partial charge in [-0.1, -0.05) is 18.2 Å². The van der Waals surface area contributed by atoms with Crippen LogP contribution in [0.3, 0.4) is 0 Å². The van der Waals surface area contributed by atoms with Gasteiger partial charge in [0.15, 0.2) is 5.82 Å². The van der Waals surface area contributed by atoms with Crippen LogP contribution < -0.4 is 5.32 Å². The first-order valence-corrected chi connectivity index (χ1v) is 6.81. The summed E-state index contributed by atoms with van der Waals surface area (Å²) in [6.07, 6.45) is 1.74. The van der Waals surface area contributed by atoms with Crippen molar-refractivity contribution >= 4 is 11.5 Å². The Morgan fingerprint density at radius 2 is 1.81 bits per heavy atom. The second-order valence-corrected chi connectivity index (χ2v) is 4.93. The summed E-state index contributed by atoms with van der Waals surface area (Å²) in [4.78, 5) is 13.3. The van der Waals surface area contributed by atoms with Crippen LogP contribution in [-0.2, 0) is 0 Å². The molecule has 4 nitrogen and oxygen atoms in total. The molecule has 0 spiro atoms. The zero-order chi connectivity index (χ0) is 14.7. The maximum Gasteiger partial charge on any atom is 0.180 e. The first kappa shape index (κ1) is 13.2. The highest BCUT2D eigenvalue weighted by Crippen LogP contribution is 2.19. The second-order valence-electron chi connectivity index (χ2n) is 4.93. The van der Waals surface area contributed by atoms with Gasteiger partial charge in [-0.3, -0.25) is 4.98 Å². The van der Waals surface area contributed by atoms with E-state index in [0.717, 1.165) is 22.9 Å². The Morgan fingerprint density at radius 1 is 0.905 bits per heavy atom. The molecule has 0 aliphatic heterocycles. The highest BCUT2D eigenvalue weighted by atomic mass is 15.0. The first-order valence-electron chi connectivity index (χ1n) is 6.81. The molecule has 0 fully saturated rings. The quantitative estimate of drug-likeness (QED) is 0.788. The molecule has 0 saturated heterocycles. The summed E-state index contributed by atoms with van der Waals surface area (Å²) in [7, 11) is 0. The molecule has 0 aliphatic rings. The topological polar surface area (TPSA) is 50.7 Å². The smallest absolute Gasteiger partial charge is 0.180 e. The maximum atomic E-state index is 4.54. The van der Waals surface area contributed by atoms with E-state index in [1.54, 1.807) is 6.20 Å². The van der Waals surface area contributed by atoms with Gasteiger partial charge >= 0.3 is 0 Å². The SMILES string of the molecule is Cc1cccc(Nc2cc(C)nc(-c3ccccn3)n2)c1. The van der Waals surface area contributed by atoms with Crippen molar-refractivity contribution in [2.75, 3.05) is 5.32 Å². The molecule has 2 aromatic heterocycles. The Labute approximate surface area is 123 Å². The highest BCUT2D eigenvalue weighted by molar-refractivity contribution is 5.60. The molecular formula is C17H16N4. The fourth-order valence-electron chi connectivity index (χ4n) is 2.11. The van der Waals surface area contributed by atoms with E-state index in [9.17, 15) is 0 Å². The molecule has 1 N–H and O–H groups in total. The van der Waals surface area contributed by atoms with Crippen LogP contribution in [0.15, 0.2) is 54.7 Å². The minimum atomic E-state index is 0.630. The molecule has 3 rings (SSSR count). The highest BCUT2D eigenvalue weighted by Gasteiger charge is 2.06. The van der Waals surface area contributed by atoms with E-state index in [1.165, 1.54) is 5.56 Å². The Balaban J connectivity index is 1.95. The number of anilines is 2. The lowest BCUT2D eigenvalue weighted by Gasteiger charge is -2.09. The summed E-state index contributed by atoms with van der Waals surface area (Å²) in [5.74, 6) is 1.40. The minimum absolute atomic E-state index is 0.630. The normalized spacial score (nSPS) is 10.4. The van der Waals surface area contributed by atoms with Crippen LogP contribution in [0.2, 0.25) is 0 Å². The van der Waals surface area contributed by atoms with E-state index in [1.807, 2.05) is 43.3 Å². The summed E-state index contributed by atoms with van der Waals surface area (Å²) in [5, 5.41) is 3.32. The number of hydrogen-bond acceptors (Lipinski definition) is 4. The maximum absolute atomic E-state index is 4.54. The van der Waals surface area contributed by atoms with Gasteiger partial charge in [0.1, 0.15) is 11.5 Å². The van der Waals surface area contributed by atoms with E-state index in [-0.39, 0.29) is 0 Å². The number of nitrogens with zero attached hydrogens (tertiary/aromatic N) is 3. The van der Waals surface area contributed by atoms with Crippen molar-refractivity contribution in [2.45, 2.75) is 13.8 Å². The summed E-state index contributed by atoms with van der Waals surface area (Å²) < 4.78 is 0. The Hall–Kier alpha value is -2.75. The van der Waals surface area contributed by atoms with Gasteiger partial charge in [0.2, 0.25) is 0 Å². The van der Waals surface area contributed by atoms with E-state index < -0.39 is 0 Å². The van der Waals surface area contributed by atoms with Crippen molar-refractivity contribution in [1.29, 1.82) is 0 Å². The van der Waals surface area contributed by atoms with E-state index in [4.69, 9.17) is 0 Å². The Morgan fingerprint density at radius 3 is 2.57 bits per heavy atom. The van der Waals surface area contributed by atoms with E-state index in [0.29, 0.717) is 5.82 Å². The molecule has 0 saturated carbocycles. The van der Waals surface area contributed by atoms with Crippen LogP contribution >= 0.6 is 0 Å². The molecule has 4 heteroatoms. The fraction of sp³-hybridized carbons (Fsp3) is 0.118. The number of pyridine rings is 1. The number of aryl methyl sites for hydroxylation is 2. The molecule has 0 unspecified atom stereocenters. The average molecular weight is 276 g/mol. The van der Waals surface area contributed by atoms with Crippen LogP contribution in [0, 0.1) is 13.8 Å². The van der Waals surface area contributed by atoms with Gasteiger partial charge in [-0.25, -0.2) is 9.97 Å². The minimum Gasteiger partial charge on any atom is -0.340 e. The summed E-state index contributed by atoms with van der Waals surface area (Å²) in [5.41, 5.74) is 3.89. The number of hydrogen-bond donors (Lipinski definition) is 1. The monoisotopic (exact) mass is 276 g/mol. The Kier molecular flexibility index (Phi) is 3.60. The number of benzene rings is 1. The molecule has 0 radical (unpaired) electrons. The third-order valence-electron chi connectivity index (χ3n) is 3.04.